The summed E-state index contributed by atoms with van der Waals surface area (Å²) in [5.41, 5.74) is 5.52. The summed E-state index contributed by atoms with van der Waals surface area (Å²) >= 11 is 0. The number of fused-ring (bicyclic) bond motifs is 3. The molecular weight excluding hydrogens is 342 g/mol. The van der Waals surface area contributed by atoms with Crippen molar-refractivity contribution in [3.05, 3.63) is 71.3 Å². The molecule has 27 heavy (non-hydrogen) atoms. The second kappa shape index (κ2) is 8.08. The Morgan fingerprint density at radius 3 is 2.15 bits per heavy atom. The monoisotopic (exact) mass is 365 g/mol. The molecule has 1 amide bonds. The van der Waals surface area contributed by atoms with Gasteiger partial charge in [-0.05, 0) is 42.5 Å². The number of ether oxygens (including phenoxy) is 1. The molecule has 5 nitrogen and oxygen atoms in total. The molecule has 0 aliphatic heterocycles. The number of carboxylic acids is 1. The number of benzene rings is 2. The third-order valence-corrected chi connectivity index (χ3v) is 4.70. The van der Waals surface area contributed by atoms with E-state index in [1.165, 1.54) is 0 Å². The Kier molecular flexibility index (Phi) is 5.60. The maximum atomic E-state index is 12.2. The number of carbonyl (C=O) groups excluding carboxylic acids is 1. The van der Waals surface area contributed by atoms with Crippen LogP contribution in [0.3, 0.4) is 0 Å². The summed E-state index contributed by atoms with van der Waals surface area (Å²) in [7, 11) is 0. The fourth-order valence-corrected chi connectivity index (χ4v) is 3.36. The second-order valence-corrected chi connectivity index (χ2v) is 6.88. The minimum Gasteiger partial charge on any atom is -0.480 e. The van der Waals surface area contributed by atoms with Gasteiger partial charge in [0.15, 0.2) is 0 Å². The van der Waals surface area contributed by atoms with Crippen molar-refractivity contribution in [1.29, 1.82) is 0 Å². The van der Waals surface area contributed by atoms with Gasteiger partial charge >= 0.3 is 12.1 Å². The zero-order valence-corrected chi connectivity index (χ0v) is 15.4. The van der Waals surface area contributed by atoms with E-state index >= 15 is 0 Å². The molecule has 0 heterocycles. The molecule has 0 saturated carbocycles. The lowest BCUT2D eigenvalue weighted by Crippen LogP contribution is -2.41. The largest absolute Gasteiger partial charge is 0.480 e. The van der Waals surface area contributed by atoms with E-state index in [2.05, 4.69) is 17.4 Å². The molecule has 0 bridgehead atoms. The van der Waals surface area contributed by atoms with E-state index < -0.39 is 18.1 Å². The van der Waals surface area contributed by atoms with E-state index in [1.54, 1.807) is 6.08 Å². The lowest BCUT2D eigenvalue weighted by atomic mass is 9.98. The number of aliphatic carboxylic acids is 1. The molecular formula is C22H23NO4. The summed E-state index contributed by atoms with van der Waals surface area (Å²) in [5, 5.41) is 11.7. The van der Waals surface area contributed by atoms with Gasteiger partial charge in [0.25, 0.3) is 0 Å². The van der Waals surface area contributed by atoms with Crippen LogP contribution in [0.4, 0.5) is 4.79 Å². The number of carbonyl (C=O) groups is 2. The highest BCUT2D eigenvalue weighted by molar-refractivity contribution is 5.81. The molecule has 140 valence electrons. The summed E-state index contributed by atoms with van der Waals surface area (Å²) in [4.78, 5) is 23.5. The SMILES string of the molecule is CC(C)=CCC(NC(=O)OCC1c2ccccc2-c2ccccc21)C(=O)O. The van der Waals surface area contributed by atoms with Crippen LogP contribution in [-0.4, -0.2) is 29.8 Å². The maximum absolute atomic E-state index is 12.2. The Hall–Kier alpha value is -3.08. The first kappa shape index (κ1) is 18.7. The molecule has 0 radical (unpaired) electrons. The number of alkyl carbamates (subject to hydrolysis) is 1. The molecule has 5 heteroatoms. The van der Waals surface area contributed by atoms with Crippen molar-refractivity contribution in [3.8, 4) is 11.1 Å². The number of carboxylic acid groups (broad SMARTS) is 1. The summed E-state index contributed by atoms with van der Waals surface area (Å²) in [6.07, 6.45) is 1.29. The van der Waals surface area contributed by atoms with Crippen LogP contribution in [0.1, 0.15) is 37.3 Å². The first-order valence-corrected chi connectivity index (χ1v) is 8.95. The number of nitrogens with one attached hydrogen (secondary N) is 1. The third kappa shape index (κ3) is 4.19. The zero-order valence-electron chi connectivity index (χ0n) is 15.4. The smallest absolute Gasteiger partial charge is 0.407 e. The predicted octanol–water partition coefficient (Wildman–Crippen LogP) is 4.33. The van der Waals surface area contributed by atoms with Gasteiger partial charge in [-0.2, -0.15) is 0 Å². The number of hydrogen-bond acceptors (Lipinski definition) is 3. The van der Waals surface area contributed by atoms with Crippen LogP contribution < -0.4 is 5.32 Å². The average Bonchev–Trinajstić information content (AvgIpc) is 2.97. The predicted molar refractivity (Wildman–Crippen MR) is 104 cm³/mol. The Morgan fingerprint density at radius 2 is 1.63 bits per heavy atom. The first-order valence-electron chi connectivity index (χ1n) is 8.95. The Balaban J connectivity index is 1.68. The van der Waals surface area contributed by atoms with Crippen molar-refractivity contribution in [2.24, 2.45) is 0 Å². The fourth-order valence-electron chi connectivity index (χ4n) is 3.36. The first-order chi connectivity index (χ1) is 13.0. The van der Waals surface area contributed by atoms with Crippen molar-refractivity contribution < 1.29 is 19.4 Å². The van der Waals surface area contributed by atoms with Crippen LogP contribution in [0.15, 0.2) is 60.2 Å². The van der Waals surface area contributed by atoms with Crippen molar-refractivity contribution in [1.82, 2.24) is 5.32 Å². The van der Waals surface area contributed by atoms with Gasteiger partial charge < -0.3 is 15.2 Å². The van der Waals surface area contributed by atoms with Crippen molar-refractivity contribution >= 4 is 12.1 Å². The molecule has 1 aliphatic carbocycles. The van der Waals surface area contributed by atoms with Gasteiger partial charge in [-0.15, -0.1) is 0 Å². The van der Waals surface area contributed by atoms with Crippen LogP contribution >= 0.6 is 0 Å². The number of hydrogen-bond donors (Lipinski definition) is 2. The lowest BCUT2D eigenvalue weighted by Gasteiger charge is -2.17. The summed E-state index contributed by atoms with van der Waals surface area (Å²) in [6.45, 7) is 3.92. The van der Waals surface area contributed by atoms with Gasteiger partial charge in [-0.1, -0.05) is 60.2 Å². The molecule has 1 unspecified atom stereocenters. The summed E-state index contributed by atoms with van der Waals surface area (Å²) < 4.78 is 5.39. The zero-order chi connectivity index (χ0) is 19.4. The van der Waals surface area contributed by atoms with Gasteiger partial charge in [-0.3, -0.25) is 0 Å². The topological polar surface area (TPSA) is 75.6 Å². The van der Waals surface area contributed by atoms with E-state index in [1.807, 2.05) is 50.2 Å². The highest BCUT2D eigenvalue weighted by Gasteiger charge is 2.29. The molecule has 1 aliphatic rings. The number of rotatable bonds is 6. The van der Waals surface area contributed by atoms with Gasteiger partial charge in [0.05, 0.1) is 0 Å². The summed E-state index contributed by atoms with van der Waals surface area (Å²) in [6, 6.07) is 15.1. The van der Waals surface area contributed by atoms with E-state index in [0.717, 1.165) is 27.8 Å². The highest BCUT2D eigenvalue weighted by atomic mass is 16.5. The van der Waals surface area contributed by atoms with Gasteiger partial charge in [0.1, 0.15) is 12.6 Å². The second-order valence-electron chi connectivity index (χ2n) is 6.88. The Bertz CT molecular complexity index is 838. The minimum atomic E-state index is -1.08. The molecule has 0 spiro atoms. The minimum absolute atomic E-state index is 0.0517. The van der Waals surface area contributed by atoms with E-state index in [0.29, 0.717) is 0 Å². The highest BCUT2D eigenvalue weighted by Crippen LogP contribution is 2.44. The molecule has 1 atom stereocenters. The molecule has 2 N–H and O–H groups in total. The van der Waals surface area contributed by atoms with E-state index in [9.17, 15) is 14.7 Å². The average molecular weight is 365 g/mol. The summed E-state index contributed by atoms with van der Waals surface area (Å²) in [5.74, 6) is -1.13. The van der Waals surface area contributed by atoms with Crippen molar-refractivity contribution in [2.75, 3.05) is 6.61 Å². The van der Waals surface area contributed by atoms with Crippen LogP contribution in [0.25, 0.3) is 11.1 Å². The standard InChI is InChI=1S/C22H23NO4/c1-14(2)11-12-20(21(24)25)23-22(26)27-13-19-17-9-5-3-7-15(17)16-8-4-6-10-18(16)19/h3-11,19-20H,12-13H2,1-2H3,(H,23,26)(H,24,25). The van der Waals surface area contributed by atoms with Crippen LogP contribution in [0, 0.1) is 0 Å². The van der Waals surface area contributed by atoms with Crippen LogP contribution in [0.5, 0.6) is 0 Å². The number of allylic oxidation sites excluding steroid dienone is 1. The Labute approximate surface area is 158 Å². The van der Waals surface area contributed by atoms with Crippen LogP contribution in [0.2, 0.25) is 0 Å². The van der Waals surface area contributed by atoms with Crippen molar-refractivity contribution in [3.63, 3.8) is 0 Å². The molecule has 0 aromatic heterocycles. The maximum Gasteiger partial charge on any atom is 0.407 e. The Morgan fingerprint density at radius 1 is 1.07 bits per heavy atom. The van der Waals surface area contributed by atoms with Gasteiger partial charge in [0.2, 0.25) is 0 Å². The molecule has 3 rings (SSSR count). The quantitative estimate of drug-likeness (QED) is 0.747. The lowest BCUT2D eigenvalue weighted by molar-refractivity contribution is -0.139. The van der Waals surface area contributed by atoms with Crippen LogP contribution in [-0.2, 0) is 9.53 Å². The molecule has 0 fully saturated rings. The van der Waals surface area contributed by atoms with Gasteiger partial charge in [-0.25, -0.2) is 9.59 Å². The third-order valence-electron chi connectivity index (χ3n) is 4.70. The molecule has 2 aromatic rings. The fraction of sp³-hybridized carbons (Fsp3) is 0.273. The van der Waals surface area contributed by atoms with Crippen molar-refractivity contribution in [2.45, 2.75) is 32.2 Å². The number of amides is 1. The van der Waals surface area contributed by atoms with Gasteiger partial charge in [0, 0.05) is 5.92 Å². The van der Waals surface area contributed by atoms with E-state index in [4.69, 9.17) is 4.74 Å². The molecule has 0 saturated heterocycles. The normalized spacial score (nSPS) is 13.3. The van der Waals surface area contributed by atoms with E-state index in [-0.39, 0.29) is 18.9 Å². The molecule has 2 aromatic carbocycles.